The standard InChI is InChI=1S/C21H22N4O3S/c1-4-15(20(26)22-12-14-7-5-6-8-18(14)28-3)25-21(27)17-11-19-16(9-10-29-19)24(17)13(2)23-25/h5-11,15H,4,12H2,1-3H3,(H,22,26)/t15-/m1/s1. The minimum absolute atomic E-state index is 0.245. The van der Waals surface area contributed by atoms with Gasteiger partial charge in [0.25, 0.3) is 5.56 Å². The number of rotatable bonds is 6. The first kappa shape index (κ1) is 19.2. The van der Waals surface area contributed by atoms with Gasteiger partial charge in [-0.25, -0.2) is 4.68 Å². The molecule has 0 saturated heterocycles. The number of benzene rings is 1. The predicted octanol–water partition coefficient (Wildman–Crippen LogP) is 3.30. The Balaban J connectivity index is 1.66. The molecule has 29 heavy (non-hydrogen) atoms. The third-order valence-corrected chi connectivity index (χ3v) is 5.91. The first-order valence-electron chi connectivity index (χ1n) is 9.42. The van der Waals surface area contributed by atoms with Crippen LogP contribution in [-0.2, 0) is 11.3 Å². The Bertz CT molecular complexity index is 1250. The van der Waals surface area contributed by atoms with Crippen molar-refractivity contribution in [2.24, 2.45) is 0 Å². The summed E-state index contributed by atoms with van der Waals surface area (Å²) in [5.74, 6) is 1.13. The Morgan fingerprint density at radius 3 is 2.83 bits per heavy atom. The number of hydrogen-bond acceptors (Lipinski definition) is 5. The van der Waals surface area contributed by atoms with Crippen LogP contribution < -0.4 is 15.6 Å². The SMILES string of the molecule is CC[C@H](C(=O)NCc1ccccc1OC)n1nc(C)n2c(cc3sccc32)c1=O. The minimum atomic E-state index is -0.686. The van der Waals surface area contributed by atoms with Crippen LogP contribution in [0.4, 0.5) is 0 Å². The second-order valence-electron chi connectivity index (χ2n) is 6.79. The average molecular weight is 410 g/mol. The second-order valence-corrected chi connectivity index (χ2v) is 7.73. The van der Waals surface area contributed by atoms with E-state index in [2.05, 4.69) is 10.4 Å². The van der Waals surface area contributed by atoms with E-state index in [1.165, 1.54) is 4.68 Å². The largest absolute Gasteiger partial charge is 0.496 e. The molecule has 7 nitrogen and oxygen atoms in total. The van der Waals surface area contributed by atoms with Gasteiger partial charge in [-0.15, -0.1) is 11.3 Å². The maximum absolute atomic E-state index is 13.1. The first-order chi connectivity index (χ1) is 14.0. The highest BCUT2D eigenvalue weighted by Crippen LogP contribution is 2.25. The fourth-order valence-electron chi connectivity index (χ4n) is 3.62. The molecule has 1 atom stereocenters. The van der Waals surface area contributed by atoms with E-state index in [9.17, 15) is 9.59 Å². The van der Waals surface area contributed by atoms with Crippen LogP contribution in [0.15, 0.2) is 46.6 Å². The summed E-state index contributed by atoms with van der Waals surface area (Å²) in [4.78, 5) is 26.0. The number of para-hydroxylation sites is 1. The smallest absolute Gasteiger partial charge is 0.291 e. The van der Waals surface area contributed by atoms with E-state index in [0.29, 0.717) is 30.1 Å². The Hall–Kier alpha value is -3.13. The third-order valence-electron chi connectivity index (χ3n) is 5.06. The summed E-state index contributed by atoms with van der Waals surface area (Å²) in [5, 5.41) is 9.37. The number of thiophene rings is 1. The number of hydrogen-bond donors (Lipinski definition) is 1. The summed E-state index contributed by atoms with van der Waals surface area (Å²) >= 11 is 1.58. The zero-order valence-electron chi connectivity index (χ0n) is 16.5. The molecule has 4 aromatic rings. The number of ether oxygens (including phenoxy) is 1. The quantitative estimate of drug-likeness (QED) is 0.529. The molecule has 150 valence electrons. The van der Waals surface area contributed by atoms with Crippen molar-refractivity contribution < 1.29 is 9.53 Å². The highest BCUT2D eigenvalue weighted by Gasteiger charge is 2.23. The van der Waals surface area contributed by atoms with Crippen molar-refractivity contribution in [1.82, 2.24) is 19.5 Å². The molecule has 1 N–H and O–H groups in total. The van der Waals surface area contributed by atoms with Gasteiger partial charge in [0.2, 0.25) is 5.91 Å². The fraction of sp³-hybridized carbons (Fsp3) is 0.286. The Morgan fingerprint density at radius 1 is 1.28 bits per heavy atom. The van der Waals surface area contributed by atoms with Crippen LogP contribution in [0.2, 0.25) is 0 Å². The molecule has 0 bridgehead atoms. The van der Waals surface area contributed by atoms with Gasteiger partial charge in [0, 0.05) is 12.1 Å². The van der Waals surface area contributed by atoms with Crippen molar-refractivity contribution >= 4 is 33.0 Å². The first-order valence-corrected chi connectivity index (χ1v) is 10.3. The number of methoxy groups -OCH3 is 1. The van der Waals surface area contributed by atoms with Crippen LogP contribution in [0.1, 0.15) is 30.8 Å². The van der Waals surface area contributed by atoms with Crippen LogP contribution in [0, 0.1) is 6.92 Å². The third kappa shape index (κ3) is 3.29. The number of carbonyl (C=O) groups is 1. The van der Waals surface area contributed by atoms with E-state index < -0.39 is 6.04 Å². The molecular formula is C21H22N4O3S. The van der Waals surface area contributed by atoms with E-state index in [-0.39, 0.29) is 11.5 Å². The van der Waals surface area contributed by atoms with Gasteiger partial charge in [0.05, 0.1) is 17.3 Å². The molecule has 0 aliphatic carbocycles. The van der Waals surface area contributed by atoms with Crippen molar-refractivity contribution in [3.05, 3.63) is 63.5 Å². The zero-order valence-corrected chi connectivity index (χ0v) is 17.3. The van der Waals surface area contributed by atoms with Gasteiger partial charge in [-0.3, -0.25) is 14.0 Å². The molecule has 8 heteroatoms. The predicted molar refractivity (Wildman–Crippen MR) is 114 cm³/mol. The molecule has 0 unspecified atom stereocenters. The lowest BCUT2D eigenvalue weighted by Gasteiger charge is -2.18. The molecule has 0 radical (unpaired) electrons. The van der Waals surface area contributed by atoms with Gasteiger partial charge in [-0.05, 0) is 36.9 Å². The number of carbonyl (C=O) groups excluding carboxylic acids is 1. The number of nitrogens with zero attached hydrogens (tertiary/aromatic N) is 3. The number of aryl methyl sites for hydroxylation is 1. The Kier molecular flexibility index (Phi) is 5.10. The maximum Gasteiger partial charge on any atom is 0.291 e. The number of nitrogens with one attached hydrogen (secondary N) is 1. The Morgan fingerprint density at radius 2 is 2.07 bits per heavy atom. The summed E-state index contributed by atoms with van der Waals surface area (Å²) in [7, 11) is 1.60. The molecule has 0 saturated carbocycles. The van der Waals surface area contributed by atoms with Gasteiger partial charge in [0.1, 0.15) is 23.1 Å². The van der Waals surface area contributed by atoms with Crippen molar-refractivity contribution in [3.63, 3.8) is 0 Å². The second kappa shape index (κ2) is 7.71. The number of amides is 1. The highest BCUT2D eigenvalue weighted by atomic mass is 32.1. The number of fused-ring (bicyclic) bond motifs is 3. The lowest BCUT2D eigenvalue weighted by Crippen LogP contribution is -2.39. The molecule has 1 aromatic carbocycles. The van der Waals surface area contributed by atoms with Crippen LogP contribution in [0.25, 0.3) is 15.7 Å². The van der Waals surface area contributed by atoms with E-state index in [1.54, 1.807) is 18.4 Å². The zero-order chi connectivity index (χ0) is 20.5. The summed E-state index contributed by atoms with van der Waals surface area (Å²) in [6.07, 6.45) is 0.454. The molecule has 0 spiro atoms. The molecule has 4 rings (SSSR count). The highest BCUT2D eigenvalue weighted by molar-refractivity contribution is 7.17. The Labute approximate surface area is 171 Å². The lowest BCUT2D eigenvalue weighted by atomic mass is 10.1. The van der Waals surface area contributed by atoms with Crippen molar-refractivity contribution in [2.75, 3.05) is 7.11 Å². The monoisotopic (exact) mass is 410 g/mol. The molecule has 3 aromatic heterocycles. The molecule has 0 aliphatic heterocycles. The normalized spacial score (nSPS) is 12.4. The summed E-state index contributed by atoms with van der Waals surface area (Å²) < 4.78 is 9.52. The molecule has 0 aliphatic rings. The molecule has 1 amide bonds. The summed E-state index contributed by atoms with van der Waals surface area (Å²) in [6, 6.07) is 10.7. The van der Waals surface area contributed by atoms with E-state index in [4.69, 9.17) is 4.74 Å². The average Bonchev–Trinajstić information content (AvgIpc) is 3.32. The van der Waals surface area contributed by atoms with Crippen LogP contribution in [0.5, 0.6) is 5.75 Å². The summed E-state index contributed by atoms with van der Waals surface area (Å²) in [5.41, 5.74) is 2.11. The van der Waals surface area contributed by atoms with Gasteiger partial charge in [0.15, 0.2) is 0 Å². The minimum Gasteiger partial charge on any atom is -0.496 e. The van der Waals surface area contributed by atoms with E-state index in [1.807, 2.05) is 60.0 Å². The van der Waals surface area contributed by atoms with E-state index in [0.717, 1.165) is 15.8 Å². The van der Waals surface area contributed by atoms with Gasteiger partial charge in [-0.2, -0.15) is 5.10 Å². The van der Waals surface area contributed by atoms with Crippen molar-refractivity contribution in [2.45, 2.75) is 32.9 Å². The van der Waals surface area contributed by atoms with Crippen molar-refractivity contribution in [3.8, 4) is 5.75 Å². The van der Waals surface area contributed by atoms with Gasteiger partial charge in [-0.1, -0.05) is 25.1 Å². The topological polar surface area (TPSA) is 77.6 Å². The molecule has 0 fully saturated rings. The van der Waals surface area contributed by atoms with Crippen LogP contribution >= 0.6 is 11.3 Å². The lowest BCUT2D eigenvalue weighted by molar-refractivity contribution is -0.125. The maximum atomic E-state index is 13.1. The summed E-state index contributed by atoms with van der Waals surface area (Å²) in [6.45, 7) is 4.04. The van der Waals surface area contributed by atoms with Gasteiger partial charge >= 0.3 is 0 Å². The fourth-order valence-corrected chi connectivity index (χ4v) is 4.43. The van der Waals surface area contributed by atoms with Crippen LogP contribution in [0.3, 0.4) is 0 Å². The van der Waals surface area contributed by atoms with Gasteiger partial charge < -0.3 is 10.1 Å². The molecule has 3 heterocycles. The molecular weight excluding hydrogens is 388 g/mol. The van der Waals surface area contributed by atoms with Crippen LogP contribution in [-0.4, -0.2) is 27.2 Å². The number of aromatic nitrogens is 3. The van der Waals surface area contributed by atoms with Crippen molar-refractivity contribution in [1.29, 1.82) is 0 Å². The van der Waals surface area contributed by atoms with E-state index >= 15 is 0 Å².